The molecule has 3 nitrogen and oxygen atoms in total. The maximum Gasteiger partial charge on any atom is 0.311 e. The highest BCUT2D eigenvalue weighted by Gasteiger charge is 2.20. The van der Waals surface area contributed by atoms with Crippen LogP contribution in [0, 0.1) is 5.92 Å². The van der Waals surface area contributed by atoms with Gasteiger partial charge in [0.05, 0.1) is 19.1 Å². The lowest BCUT2D eigenvalue weighted by atomic mass is 10.0. The molecule has 1 N–H and O–H groups in total. The van der Waals surface area contributed by atoms with Crippen LogP contribution in [0.2, 0.25) is 0 Å². The van der Waals surface area contributed by atoms with Gasteiger partial charge >= 0.3 is 5.97 Å². The lowest BCUT2D eigenvalue weighted by Gasteiger charge is -2.13. The Balaban J connectivity index is 3.81. The largest absolute Gasteiger partial charge is 0.469 e. The van der Waals surface area contributed by atoms with Crippen LogP contribution in [0.3, 0.4) is 0 Å². The molecule has 0 fully saturated rings. The van der Waals surface area contributed by atoms with Crippen LogP contribution >= 0.6 is 0 Å². The molecule has 60 valence electrons. The Morgan fingerprint density at radius 3 is 2.50 bits per heavy atom. The third kappa shape index (κ3) is 2.35. The first-order valence-electron chi connectivity index (χ1n) is 3.39. The fraction of sp³-hybridized carbons (Fsp3) is 0.857. The predicted octanol–water partition coefficient (Wildman–Crippen LogP) is 0.566. The van der Waals surface area contributed by atoms with Gasteiger partial charge < -0.3 is 9.84 Å². The number of aliphatic hydroxyl groups is 1. The van der Waals surface area contributed by atoms with Crippen molar-refractivity contribution in [2.45, 2.75) is 26.4 Å². The van der Waals surface area contributed by atoms with Crippen molar-refractivity contribution in [1.82, 2.24) is 0 Å². The maximum absolute atomic E-state index is 10.7. The van der Waals surface area contributed by atoms with Crippen LogP contribution < -0.4 is 0 Å². The molecule has 0 saturated carbocycles. The van der Waals surface area contributed by atoms with Crippen LogP contribution in [0.15, 0.2) is 0 Å². The lowest BCUT2D eigenvalue weighted by Crippen LogP contribution is -2.25. The Hall–Kier alpha value is -0.570. The Morgan fingerprint density at radius 2 is 2.20 bits per heavy atom. The number of esters is 1. The molecule has 0 aromatic carbocycles. The normalized spacial score (nSPS) is 16.0. The lowest BCUT2D eigenvalue weighted by molar-refractivity contribution is -0.148. The van der Waals surface area contributed by atoms with Gasteiger partial charge in [-0.25, -0.2) is 0 Å². The van der Waals surface area contributed by atoms with Crippen molar-refractivity contribution in [3.63, 3.8) is 0 Å². The minimum absolute atomic E-state index is 0.352. The van der Waals surface area contributed by atoms with Crippen molar-refractivity contribution >= 4 is 5.97 Å². The number of rotatable bonds is 3. The van der Waals surface area contributed by atoms with Crippen LogP contribution in [0.4, 0.5) is 0 Å². The Labute approximate surface area is 61.0 Å². The molecule has 0 aromatic heterocycles. The zero-order valence-corrected chi connectivity index (χ0v) is 6.63. The van der Waals surface area contributed by atoms with Gasteiger partial charge in [-0.1, -0.05) is 6.92 Å². The minimum atomic E-state index is -0.576. The Kier molecular flexibility index (Phi) is 4.03. The van der Waals surface area contributed by atoms with E-state index in [-0.39, 0.29) is 5.97 Å². The summed E-state index contributed by atoms with van der Waals surface area (Å²) >= 11 is 0. The fourth-order valence-electron chi connectivity index (χ4n) is 0.697. The fourth-order valence-corrected chi connectivity index (χ4v) is 0.697. The zero-order valence-electron chi connectivity index (χ0n) is 6.63. The molecule has 0 aliphatic carbocycles. The quantitative estimate of drug-likeness (QED) is 0.592. The standard InChI is InChI=1S/C7H14O3/c1-4-6(8)5(2)7(9)10-3/h5-6,8H,4H2,1-3H3. The molecule has 0 heterocycles. The number of aliphatic hydroxyl groups excluding tert-OH is 1. The summed E-state index contributed by atoms with van der Waals surface area (Å²) in [6.45, 7) is 3.48. The van der Waals surface area contributed by atoms with Crippen molar-refractivity contribution < 1.29 is 14.6 Å². The van der Waals surface area contributed by atoms with E-state index in [1.54, 1.807) is 6.92 Å². The van der Waals surface area contributed by atoms with E-state index in [9.17, 15) is 4.79 Å². The number of methoxy groups -OCH3 is 1. The van der Waals surface area contributed by atoms with Gasteiger partial charge in [-0.3, -0.25) is 4.79 Å². The monoisotopic (exact) mass is 146 g/mol. The topological polar surface area (TPSA) is 46.5 Å². The summed E-state index contributed by atoms with van der Waals surface area (Å²) in [5.41, 5.74) is 0. The summed E-state index contributed by atoms with van der Waals surface area (Å²) in [4.78, 5) is 10.7. The second-order valence-electron chi connectivity index (χ2n) is 2.29. The molecule has 2 atom stereocenters. The third-order valence-electron chi connectivity index (χ3n) is 1.57. The smallest absolute Gasteiger partial charge is 0.311 e. The maximum atomic E-state index is 10.7. The second kappa shape index (κ2) is 4.28. The van der Waals surface area contributed by atoms with E-state index in [0.717, 1.165) is 0 Å². The van der Waals surface area contributed by atoms with Crippen molar-refractivity contribution in [3.8, 4) is 0 Å². The summed E-state index contributed by atoms with van der Waals surface area (Å²) in [6, 6.07) is 0. The van der Waals surface area contributed by atoms with E-state index in [0.29, 0.717) is 6.42 Å². The number of ether oxygens (including phenoxy) is 1. The molecule has 3 heteroatoms. The van der Waals surface area contributed by atoms with Gasteiger partial charge in [0.2, 0.25) is 0 Å². The number of hydrogen-bond donors (Lipinski definition) is 1. The molecule has 0 amide bonds. The molecule has 10 heavy (non-hydrogen) atoms. The van der Waals surface area contributed by atoms with Crippen LogP contribution in [0.1, 0.15) is 20.3 Å². The van der Waals surface area contributed by atoms with Crippen molar-refractivity contribution in [3.05, 3.63) is 0 Å². The zero-order chi connectivity index (χ0) is 8.15. The van der Waals surface area contributed by atoms with Crippen LogP contribution in [0.25, 0.3) is 0 Å². The van der Waals surface area contributed by atoms with Gasteiger partial charge in [-0.15, -0.1) is 0 Å². The molecular weight excluding hydrogens is 132 g/mol. The first kappa shape index (κ1) is 9.43. The molecule has 0 spiro atoms. The highest BCUT2D eigenvalue weighted by molar-refractivity contribution is 5.72. The molecule has 0 aliphatic rings. The van der Waals surface area contributed by atoms with Crippen LogP contribution in [-0.4, -0.2) is 24.3 Å². The van der Waals surface area contributed by atoms with Gasteiger partial charge in [0.25, 0.3) is 0 Å². The minimum Gasteiger partial charge on any atom is -0.469 e. The number of carbonyl (C=O) groups is 1. The first-order valence-corrected chi connectivity index (χ1v) is 3.39. The SMILES string of the molecule is CCC(O)C(C)C(=O)OC. The predicted molar refractivity (Wildman–Crippen MR) is 37.5 cm³/mol. The summed E-state index contributed by atoms with van der Waals surface area (Å²) in [5.74, 6) is -0.760. The van der Waals surface area contributed by atoms with Gasteiger partial charge in [0.15, 0.2) is 0 Å². The molecule has 0 bridgehead atoms. The number of carbonyl (C=O) groups excluding carboxylic acids is 1. The summed E-state index contributed by atoms with van der Waals surface area (Å²) in [5, 5.41) is 9.13. The van der Waals surface area contributed by atoms with E-state index in [1.165, 1.54) is 7.11 Å². The van der Waals surface area contributed by atoms with Crippen LogP contribution in [0.5, 0.6) is 0 Å². The molecule has 0 aliphatic heterocycles. The average molecular weight is 146 g/mol. The summed E-state index contributed by atoms with van der Waals surface area (Å²) in [7, 11) is 1.32. The van der Waals surface area contributed by atoms with E-state index in [1.807, 2.05) is 6.92 Å². The van der Waals surface area contributed by atoms with Gasteiger partial charge in [0.1, 0.15) is 0 Å². The van der Waals surface area contributed by atoms with Crippen molar-refractivity contribution in [2.24, 2.45) is 5.92 Å². The molecular formula is C7H14O3. The second-order valence-corrected chi connectivity index (χ2v) is 2.29. The molecule has 0 radical (unpaired) electrons. The van der Waals surface area contributed by atoms with Gasteiger partial charge in [-0.05, 0) is 13.3 Å². The Bertz CT molecular complexity index is 111. The summed E-state index contributed by atoms with van der Waals surface area (Å²) < 4.78 is 4.44. The average Bonchev–Trinajstić information content (AvgIpc) is 2.00. The Morgan fingerprint density at radius 1 is 1.70 bits per heavy atom. The molecule has 0 saturated heterocycles. The van der Waals surface area contributed by atoms with Gasteiger partial charge in [0, 0.05) is 0 Å². The molecule has 0 rings (SSSR count). The van der Waals surface area contributed by atoms with Crippen molar-refractivity contribution in [1.29, 1.82) is 0 Å². The molecule has 2 unspecified atom stereocenters. The van der Waals surface area contributed by atoms with Crippen molar-refractivity contribution in [2.75, 3.05) is 7.11 Å². The highest BCUT2D eigenvalue weighted by atomic mass is 16.5. The van der Waals surface area contributed by atoms with E-state index >= 15 is 0 Å². The third-order valence-corrected chi connectivity index (χ3v) is 1.57. The first-order chi connectivity index (χ1) is 4.63. The number of hydrogen-bond acceptors (Lipinski definition) is 3. The van der Waals surface area contributed by atoms with Crippen LogP contribution in [-0.2, 0) is 9.53 Å². The van der Waals surface area contributed by atoms with E-state index < -0.39 is 12.0 Å². The van der Waals surface area contributed by atoms with E-state index in [4.69, 9.17) is 5.11 Å². The van der Waals surface area contributed by atoms with Gasteiger partial charge in [-0.2, -0.15) is 0 Å². The van der Waals surface area contributed by atoms with E-state index in [2.05, 4.69) is 4.74 Å². The molecule has 0 aromatic rings. The summed E-state index contributed by atoms with van der Waals surface area (Å²) in [6.07, 6.45) is 0.00319. The highest BCUT2D eigenvalue weighted by Crippen LogP contribution is 2.07.